The van der Waals surface area contributed by atoms with E-state index in [0.29, 0.717) is 23.8 Å². The van der Waals surface area contributed by atoms with Crippen LogP contribution in [0.5, 0.6) is 0 Å². The van der Waals surface area contributed by atoms with Gasteiger partial charge in [0.15, 0.2) is 0 Å². The van der Waals surface area contributed by atoms with Crippen LogP contribution in [-0.2, 0) is 14.3 Å². The van der Waals surface area contributed by atoms with E-state index < -0.39 is 12.0 Å². The maximum absolute atomic E-state index is 12.5. The Kier molecular flexibility index (Phi) is 4.33. The van der Waals surface area contributed by atoms with Gasteiger partial charge in [0.25, 0.3) is 0 Å². The Bertz CT molecular complexity index is 726. The summed E-state index contributed by atoms with van der Waals surface area (Å²) in [5, 5.41) is 14.7. The molecular formula is C15H17N5O3. The van der Waals surface area contributed by atoms with Crippen LogP contribution in [0.3, 0.4) is 0 Å². The second-order valence-corrected chi connectivity index (χ2v) is 5.05. The van der Waals surface area contributed by atoms with Crippen LogP contribution in [0, 0.1) is 0 Å². The van der Waals surface area contributed by atoms with Crippen molar-refractivity contribution in [2.75, 3.05) is 25.6 Å². The van der Waals surface area contributed by atoms with Gasteiger partial charge in [0.05, 0.1) is 12.2 Å². The largest absolute Gasteiger partial charge is 0.460 e. The van der Waals surface area contributed by atoms with E-state index in [1.54, 1.807) is 18.7 Å². The Morgan fingerprint density at radius 2 is 2.09 bits per heavy atom. The van der Waals surface area contributed by atoms with Crippen molar-refractivity contribution >= 4 is 11.9 Å². The molecule has 2 aromatic rings. The number of benzene rings is 1. The summed E-state index contributed by atoms with van der Waals surface area (Å²) in [6.45, 7) is 2.34. The third kappa shape index (κ3) is 2.93. The van der Waals surface area contributed by atoms with Gasteiger partial charge in [-0.15, -0.1) is 0 Å². The van der Waals surface area contributed by atoms with E-state index in [9.17, 15) is 4.79 Å². The summed E-state index contributed by atoms with van der Waals surface area (Å²) in [6, 6.07) is 9.15. The molecule has 2 heterocycles. The average molecular weight is 315 g/mol. The fraction of sp³-hybridized carbons (Fsp3) is 0.333. The molecule has 1 unspecified atom stereocenters. The van der Waals surface area contributed by atoms with E-state index in [2.05, 4.69) is 20.8 Å². The maximum Gasteiger partial charge on any atom is 0.338 e. The lowest BCUT2D eigenvalue weighted by atomic mass is 9.96. The van der Waals surface area contributed by atoms with Crippen molar-refractivity contribution in [1.82, 2.24) is 20.2 Å². The van der Waals surface area contributed by atoms with Gasteiger partial charge in [-0.1, -0.05) is 35.4 Å². The van der Waals surface area contributed by atoms with Gasteiger partial charge in [0.1, 0.15) is 12.6 Å². The van der Waals surface area contributed by atoms with Crippen molar-refractivity contribution in [3.05, 3.63) is 47.2 Å². The van der Waals surface area contributed by atoms with E-state index in [1.165, 1.54) is 0 Å². The molecule has 0 amide bonds. The lowest BCUT2D eigenvalue weighted by Gasteiger charge is -2.27. The predicted octanol–water partition coefficient (Wildman–Crippen LogP) is 1.15. The quantitative estimate of drug-likeness (QED) is 0.653. The van der Waals surface area contributed by atoms with Crippen molar-refractivity contribution in [3.8, 4) is 0 Å². The second kappa shape index (κ2) is 6.57. The Morgan fingerprint density at radius 3 is 2.83 bits per heavy atom. The highest BCUT2D eigenvalue weighted by Gasteiger charge is 2.34. The van der Waals surface area contributed by atoms with E-state index in [-0.39, 0.29) is 6.61 Å². The molecule has 0 aliphatic carbocycles. The minimum absolute atomic E-state index is 0.191. The van der Waals surface area contributed by atoms with Crippen molar-refractivity contribution in [1.29, 1.82) is 0 Å². The molecule has 8 nitrogen and oxygen atoms in total. The fourth-order valence-corrected chi connectivity index (χ4v) is 2.52. The van der Waals surface area contributed by atoms with Crippen LogP contribution in [0.15, 0.2) is 41.6 Å². The number of hydrogen-bond acceptors (Lipinski definition) is 7. The number of esters is 1. The summed E-state index contributed by atoms with van der Waals surface area (Å²) < 4.78 is 11.8. The number of carbonyl (C=O) groups excluding carboxylic acids is 1. The lowest BCUT2D eigenvalue weighted by molar-refractivity contribution is -0.140. The van der Waals surface area contributed by atoms with Crippen LogP contribution in [0.2, 0.25) is 0 Å². The number of aromatic nitrogens is 4. The first kappa shape index (κ1) is 15.2. The van der Waals surface area contributed by atoms with Gasteiger partial charge >= 0.3 is 5.97 Å². The molecule has 0 saturated carbocycles. The number of fused-ring (bicyclic) bond motifs is 1. The second-order valence-electron chi connectivity index (χ2n) is 5.05. The Morgan fingerprint density at radius 1 is 1.30 bits per heavy atom. The number of allylic oxidation sites excluding steroid dienone is 1. The number of ether oxygens (including phenoxy) is 2. The third-order valence-electron chi connectivity index (χ3n) is 3.57. The molecule has 1 aromatic heterocycles. The normalized spacial score (nSPS) is 16.7. The Balaban J connectivity index is 1.99. The number of nitrogens with one attached hydrogen (secondary N) is 1. The van der Waals surface area contributed by atoms with Crippen molar-refractivity contribution < 1.29 is 14.3 Å². The summed E-state index contributed by atoms with van der Waals surface area (Å²) in [5.74, 6) is 0.0758. The lowest BCUT2D eigenvalue weighted by Crippen LogP contribution is -2.30. The van der Waals surface area contributed by atoms with Gasteiger partial charge in [-0.2, -0.15) is 4.68 Å². The molecule has 120 valence electrons. The number of carbonyl (C=O) groups is 1. The first-order valence-electron chi connectivity index (χ1n) is 7.19. The minimum Gasteiger partial charge on any atom is -0.460 e. The standard InChI is InChI=1S/C15H17N5O3/c1-10-12(14(21)23-9-8-22-2)13(11-6-4-3-5-7-11)20-15(16-10)17-18-19-20/h3-7,13H,8-9H2,1-2H3,(H,16,17,19). The number of methoxy groups -OCH3 is 1. The first-order chi connectivity index (χ1) is 11.2. The maximum atomic E-state index is 12.5. The third-order valence-corrected chi connectivity index (χ3v) is 3.57. The van der Waals surface area contributed by atoms with Gasteiger partial charge in [0.2, 0.25) is 5.95 Å². The minimum atomic E-state index is -0.433. The zero-order chi connectivity index (χ0) is 16.2. The monoisotopic (exact) mass is 315 g/mol. The van der Waals surface area contributed by atoms with Crippen LogP contribution in [0.4, 0.5) is 5.95 Å². The summed E-state index contributed by atoms with van der Waals surface area (Å²) in [5.41, 5.74) is 2.05. The topological polar surface area (TPSA) is 91.2 Å². The highest BCUT2D eigenvalue weighted by molar-refractivity contribution is 5.92. The molecule has 0 saturated heterocycles. The Hall–Kier alpha value is -2.74. The number of rotatable bonds is 5. The molecule has 0 radical (unpaired) electrons. The van der Waals surface area contributed by atoms with E-state index >= 15 is 0 Å². The fourth-order valence-electron chi connectivity index (χ4n) is 2.52. The summed E-state index contributed by atoms with van der Waals surface area (Å²) >= 11 is 0. The average Bonchev–Trinajstić information content (AvgIpc) is 3.02. The van der Waals surface area contributed by atoms with Gasteiger partial charge in [-0.05, 0) is 22.9 Å². The van der Waals surface area contributed by atoms with E-state index in [1.807, 2.05) is 30.3 Å². The van der Waals surface area contributed by atoms with Gasteiger partial charge < -0.3 is 14.8 Å². The zero-order valence-electron chi connectivity index (χ0n) is 12.9. The molecule has 0 fully saturated rings. The molecule has 0 bridgehead atoms. The van der Waals surface area contributed by atoms with Gasteiger partial charge in [0, 0.05) is 12.8 Å². The molecule has 3 rings (SSSR count). The molecule has 1 aromatic carbocycles. The van der Waals surface area contributed by atoms with Crippen LogP contribution in [0.25, 0.3) is 0 Å². The van der Waals surface area contributed by atoms with Gasteiger partial charge in [-0.25, -0.2) is 4.79 Å². The van der Waals surface area contributed by atoms with Crippen molar-refractivity contribution in [2.45, 2.75) is 13.0 Å². The highest BCUT2D eigenvalue weighted by Crippen LogP contribution is 2.34. The van der Waals surface area contributed by atoms with Crippen LogP contribution in [-0.4, -0.2) is 46.5 Å². The summed E-state index contributed by atoms with van der Waals surface area (Å²) in [6.07, 6.45) is 0. The molecule has 1 aliphatic rings. The molecular weight excluding hydrogens is 298 g/mol. The van der Waals surface area contributed by atoms with Crippen LogP contribution in [0.1, 0.15) is 18.5 Å². The predicted molar refractivity (Wildman–Crippen MR) is 81.6 cm³/mol. The Labute approximate surface area is 133 Å². The number of hydrogen-bond donors (Lipinski definition) is 1. The summed E-state index contributed by atoms with van der Waals surface area (Å²) in [4.78, 5) is 12.5. The van der Waals surface area contributed by atoms with E-state index in [4.69, 9.17) is 9.47 Å². The SMILES string of the molecule is COCCOC(=O)C1=C(C)Nc2nnnn2C1c1ccccc1. The molecule has 8 heteroatoms. The molecule has 1 atom stereocenters. The van der Waals surface area contributed by atoms with Crippen molar-refractivity contribution in [2.24, 2.45) is 0 Å². The number of tetrazole rings is 1. The van der Waals surface area contributed by atoms with E-state index in [0.717, 1.165) is 5.56 Å². The number of anilines is 1. The van der Waals surface area contributed by atoms with Gasteiger partial charge in [-0.3, -0.25) is 0 Å². The summed E-state index contributed by atoms with van der Waals surface area (Å²) in [7, 11) is 1.56. The number of nitrogens with zero attached hydrogens (tertiary/aromatic N) is 4. The van der Waals surface area contributed by atoms with Crippen molar-refractivity contribution in [3.63, 3.8) is 0 Å². The molecule has 0 spiro atoms. The first-order valence-corrected chi connectivity index (χ1v) is 7.19. The highest BCUT2D eigenvalue weighted by atomic mass is 16.6. The molecule has 1 N–H and O–H groups in total. The van der Waals surface area contributed by atoms with Crippen LogP contribution < -0.4 is 5.32 Å². The molecule has 1 aliphatic heterocycles. The smallest absolute Gasteiger partial charge is 0.338 e. The zero-order valence-corrected chi connectivity index (χ0v) is 12.9. The molecule has 23 heavy (non-hydrogen) atoms. The van der Waals surface area contributed by atoms with Crippen LogP contribution >= 0.6 is 0 Å².